The van der Waals surface area contributed by atoms with Crippen LogP contribution in [0.3, 0.4) is 0 Å². The second-order valence-corrected chi connectivity index (χ2v) is 5.27. The molecule has 1 saturated heterocycles. The number of carbonyl (C=O) groups is 1. The van der Waals surface area contributed by atoms with E-state index in [0.717, 1.165) is 11.2 Å². The molecule has 2 aromatic heterocycles. The van der Waals surface area contributed by atoms with Gasteiger partial charge in [0.05, 0.1) is 25.0 Å². The van der Waals surface area contributed by atoms with Crippen molar-refractivity contribution in [1.29, 1.82) is 0 Å². The van der Waals surface area contributed by atoms with Gasteiger partial charge in [0.15, 0.2) is 0 Å². The quantitative estimate of drug-likeness (QED) is 0.757. The number of nitrogens with one attached hydrogen (secondary N) is 1. The van der Waals surface area contributed by atoms with Gasteiger partial charge in [-0.15, -0.1) is 0 Å². The van der Waals surface area contributed by atoms with Crippen LogP contribution in [0.4, 0.5) is 0 Å². The van der Waals surface area contributed by atoms with Gasteiger partial charge in [0.1, 0.15) is 17.1 Å². The van der Waals surface area contributed by atoms with Gasteiger partial charge in [0.2, 0.25) is 0 Å². The van der Waals surface area contributed by atoms with Crippen LogP contribution in [-0.4, -0.2) is 55.9 Å². The highest BCUT2D eigenvalue weighted by molar-refractivity contribution is 5.97. The van der Waals surface area contributed by atoms with Crippen LogP contribution >= 0.6 is 0 Å². The van der Waals surface area contributed by atoms with Crippen molar-refractivity contribution in [1.82, 2.24) is 30.3 Å². The highest BCUT2D eigenvalue weighted by atomic mass is 16.5. The van der Waals surface area contributed by atoms with Gasteiger partial charge in [0, 0.05) is 24.5 Å². The zero-order valence-corrected chi connectivity index (χ0v) is 12.2. The summed E-state index contributed by atoms with van der Waals surface area (Å²) in [5.41, 5.74) is 2.73. The van der Waals surface area contributed by atoms with Crippen LogP contribution in [0.2, 0.25) is 0 Å². The van der Waals surface area contributed by atoms with E-state index in [2.05, 4.69) is 25.4 Å². The molecule has 3 aromatic rings. The lowest BCUT2D eigenvalue weighted by Crippen LogP contribution is -2.42. The minimum Gasteiger partial charge on any atom is -0.368 e. The smallest absolute Gasteiger partial charge is 0.254 e. The minimum absolute atomic E-state index is 0.0490. The lowest BCUT2D eigenvalue weighted by molar-refractivity contribution is -0.0248. The molecular weight excluding hydrogens is 296 g/mol. The third kappa shape index (κ3) is 2.64. The van der Waals surface area contributed by atoms with Crippen LogP contribution in [0.25, 0.3) is 11.0 Å². The summed E-state index contributed by atoms with van der Waals surface area (Å²) in [5.74, 6) is -0.0490. The molecule has 116 valence electrons. The number of fused-ring (bicyclic) bond motifs is 1. The van der Waals surface area contributed by atoms with E-state index in [-0.39, 0.29) is 12.0 Å². The largest absolute Gasteiger partial charge is 0.368 e. The number of nitrogens with zero attached hydrogens (tertiary/aromatic N) is 5. The van der Waals surface area contributed by atoms with Gasteiger partial charge in [-0.3, -0.25) is 14.8 Å². The summed E-state index contributed by atoms with van der Waals surface area (Å²) in [6, 6.07) is 5.29. The fourth-order valence-corrected chi connectivity index (χ4v) is 2.65. The van der Waals surface area contributed by atoms with Gasteiger partial charge < -0.3 is 9.64 Å². The first kappa shape index (κ1) is 13.8. The standard InChI is InChI=1S/C15H14N6O2/c22-15(10-1-2-11-12(7-10)19-20-18-11)21-5-6-23-14(9-21)13-8-16-3-4-17-13/h1-4,7-8,14H,5-6,9H2,(H,18,19,20). The zero-order valence-electron chi connectivity index (χ0n) is 12.2. The van der Waals surface area contributed by atoms with E-state index < -0.39 is 0 Å². The van der Waals surface area contributed by atoms with Crippen LogP contribution in [0.1, 0.15) is 22.2 Å². The lowest BCUT2D eigenvalue weighted by atomic mass is 10.1. The predicted molar refractivity (Wildman–Crippen MR) is 80.5 cm³/mol. The van der Waals surface area contributed by atoms with Crippen molar-refractivity contribution < 1.29 is 9.53 Å². The first-order valence-corrected chi connectivity index (χ1v) is 7.28. The SMILES string of the molecule is O=C(c1ccc2n[nH]nc2c1)N1CCOC(c2cnccn2)C1. The second kappa shape index (κ2) is 5.73. The number of carbonyl (C=O) groups excluding carboxylic acids is 1. The van der Waals surface area contributed by atoms with E-state index >= 15 is 0 Å². The highest BCUT2D eigenvalue weighted by Gasteiger charge is 2.27. The molecule has 1 unspecified atom stereocenters. The summed E-state index contributed by atoms with van der Waals surface area (Å²) in [6.45, 7) is 1.47. The average Bonchev–Trinajstić information content (AvgIpc) is 3.09. The molecule has 23 heavy (non-hydrogen) atoms. The molecule has 1 atom stereocenters. The van der Waals surface area contributed by atoms with Gasteiger partial charge in [-0.1, -0.05) is 0 Å². The van der Waals surface area contributed by atoms with Crippen molar-refractivity contribution in [2.24, 2.45) is 0 Å². The second-order valence-electron chi connectivity index (χ2n) is 5.27. The Kier molecular flexibility index (Phi) is 3.43. The number of aromatic nitrogens is 5. The third-order valence-electron chi connectivity index (χ3n) is 3.83. The first-order valence-electron chi connectivity index (χ1n) is 7.28. The number of benzene rings is 1. The van der Waals surface area contributed by atoms with Crippen LogP contribution < -0.4 is 0 Å². The molecule has 0 saturated carbocycles. The Morgan fingerprint density at radius 3 is 3.04 bits per heavy atom. The molecule has 3 heterocycles. The number of amides is 1. The Balaban J connectivity index is 1.55. The van der Waals surface area contributed by atoms with Gasteiger partial charge >= 0.3 is 0 Å². The molecule has 0 aliphatic carbocycles. The van der Waals surface area contributed by atoms with Crippen LogP contribution in [0, 0.1) is 0 Å². The van der Waals surface area contributed by atoms with E-state index in [4.69, 9.17) is 4.74 Å². The molecular formula is C15H14N6O2. The van der Waals surface area contributed by atoms with Gasteiger partial charge in [0.25, 0.3) is 5.91 Å². The summed E-state index contributed by atoms with van der Waals surface area (Å²) >= 11 is 0. The molecule has 0 spiro atoms. The normalized spacial score (nSPS) is 18.3. The monoisotopic (exact) mass is 310 g/mol. The van der Waals surface area contributed by atoms with Gasteiger partial charge in [-0.2, -0.15) is 15.4 Å². The summed E-state index contributed by atoms with van der Waals surface area (Å²) in [5, 5.41) is 10.6. The van der Waals surface area contributed by atoms with Crippen molar-refractivity contribution in [2.45, 2.75) is 6.10 Å². The topological polar surface area (TPSA) is 96.9 Å². The number of aromatic amines is 1. The summed E-state index contributed by atoms with van der Waals surface area (Å²) in [6.07, 6.45) is 4.65. The summed E-state index contributed by atoms with van der Waals surface area (Å²) < 4.78 is 5.71. The van der Waals surface area contributed by atoms with Crippen LogP contribution in [-0.2, 0) is 4.74 Å². The number of H-pyrrole nitrogens is 1. The molecule has 1 aliphatic heterocycles. The fourth-order valence-electron chi connectivity index (χ4n) is 2.65. The van der Waals surface area contributed by atoms with Crippen LogP contribution in [0.5, 0.6) is 0 Å². The zero-order chi connectivity index (χ0) is 15.6. The molecule has 1 N–H and O–H groups in total. The predicted octanol–water partition coefficient (Wildman–Crippen LogP) is 0.962. The van der Waals surface area contributed by atoms with Gasteiger partial charge in [-0.05, 0) is 18.2 Å². The van der Waals surface area contributed by atoms with Crippen molar-refractivity contribution in [3.8, 4) is 0 Å². The molecule has 1 aromatic carbocycles. The number of hydrogen-bond acceptors (Lipinski definition) is 6. The molecule has 0 bridgehead atoms. The molecule has 8 heteroatoms. The molecule has 4 rings (SSSR count). The Labute approximate surface area is 131 Å². The Morgan fingerprint density at radius 1 is 1.26 bits per heavy atom. The number of morpholine rings is 1. The van der Waals surface area contributed by atoms with E-state index in [1.807, 2.05) is 0 Å². The van der Waals surface area contributed by atoms with Crippen LogP contribution in [0.15, 0.2) is 36.8 Å². The molecule has 1 fully saturated rings. The third-order valence-corrected chi connectivity index (χ3v) is 3.83. The Morgan fingerprint density at radius 2 is 2.17 bits per heavy atom. The van der Waals surface area contributed by atoms with Crippen molar-refractivity contribution in [3.63, 3.8) is 0 Å². The maximum absolute atomic E-state index is 12.7. The number of ether oxygens (including phenoxy) is 1. The highest BCUT2D eigenvalue weighted by Crippen LogP contribution is 2.21. The van der Waals surface area contributed by atoms with Gasteiger partial charge in [-0.25, -0.2) is 0 Å². The molecule has 1 aliphatic rings. The van der Waals surface area contributed by atoms with Crippen molar-refractivity contribution >= 4 is 16.9 Å². The molecule has 0 radical (unpaired) electrons. The summed E-state index contributed by atoms with van der Waals surface area (Å²) in [4.78, 5) is 22.8. The van der Waals surface area contributed by atoms with E-state index in [9.17, 15) is 4.79 Å². The fraction of sp³-hybridized carbons (Fsp3) is 0.267. The average molecular weight is 310 g/mol. The lowest BCUT2D eigenvalue weighted by Gasteiger charge is -2.32. The molecule has 1 amide bonds. The maximum Gasteiger partial charge on any atom is 0.254 e. The number of hydrogen-bond donors (Lipinski definition) is 1. The first-order chi connectivity index (χ1) is 11.3. The Bertz CT molecular complexity index is 834. The summed E-state index contributed by atoms with van der Waals surface area (Å²) in [7, 11) is 0. The van der Waals surface area contributed by atoms with E-state index in [0.29, 0.717) is 30.8 Å². The van der Waals surface area contributed by atoms with Crippen molar-refractivity contribution in [3.05, 3.63) is 48.0 Å². The molecule has 8 nitrogen and oxygen atoms in total. The minimum atomic E-state index is -0.253. The Hall–Kier alpha value is -2.87. The maximum atomic E-state index is 12.7. The van der Waals surface area contributed by atoms with Crippen molar-refractivity contribution in [2.75, 3.05) is 19.7 Å². The number of rotatable bonds is 2. The van der Waals surface area contributed by atoms with E-state index in [1.165, 1.54) is 0 Å². The van der Waals surface area contributed by atoms with E-state index in [1.54, 1.807) is 41.7 Å².